The van der Waals surface area contributed by atoms with Crippen molar-refractivity contribution in [2.45, 2.75) is 18.9 Å². The van der Waals surface area contributed by atoms with Crippen LogP contribution in [0.25, 0.3) is 0 Å². The zero-order valence-electron chi connectivity index (χ0n) is 15.9. The fourth-order valence-corrected chi connectivity index (χ4v) is 3.86. The van der Waals surface area contributed by atoms with E-state index in [1.807, 2.05) is 54.6 Å². The summed E-state index contributed by atoms with van der Waals surface area (Å²) >= 11 is 6.06. The van der Waals surface area contributed by atoms with Gasteiger partial charge in [0.25, 0.3) is 0 Å². The Hall–Kier alpha value is -3.11. The van der Waals surface area contributed by atoms with Gasteiger partial charge in [-0.1, -0.05) is 54.1 Å². The second-order valence-electron chi connectivity index (χ2n) is 6.86. The number of nitrogens with zero attached hydrogens (tertiary/aromatic N) is 1. The molecule has 146 valence electrons. The minimum absolute atomic E-state index is 0.0278. The molecule has 0 aliphatic carbocycles. The molecule has 0 spiro atoms. The van der Waals surface area contributed by atoms with Gasteiger partial charge in [0.05, 0.1) is 24.1 Å². The number of halogens is 1. The van der Waals surface area contributed by atoms with Crippen LogP contribution in [0.2, 0.25) is 5.02 Å². The predicted octanol–water partition coefficient (Wildman–Crippen LogP) is 5.39. The molecule has 3 aromatic carbocycles. The third kappa shape index (κ3) is 3.64. The first-order valence-corrected chi connectivity index (χ1v) is 9.88. The lowest BCUT2D eigenvalue weighted by Crippen LogP contribution is -2.53. The van der Waals surface area contributed by atoms with Crippen LogP contribution in [0, 0.1) is 0 Å². The number of anilines is 1. The van der Waals surface area contributed by atoms with Crippen LogP contribution >= 0.6 is 11.6 Å². The van der Waals surface area contributed by atoms with Gasteiger partial charge in [-0.3, -0.25) is 4.79 Å². The standard InChI is InChI=1S/C24H20ClNO3/c1-2-29-24(28)18-10-14-20(15-11-18)26-22(17-8-12-19(25)13-9-17)21(23(26)27)16-6-4-3-5-7-16/h3-15,21-22H,2H2,1H3/t21-,22-/m1/s1. The molecule has 0 radical (unpaired) electrons. The van der Waals surface area contributed by atoms with E-state index >= 15 is 0 Å². The molecule has 3 aromatic rings. The summed E-state index contributed by atoms with van der Waals surface area (Å²) in [6.45, 7) is 2.09. The van der Waals surface area contributed by atoms with Crippen molar-refractivity contribution in [1.29, 1.82) is 0 Å². The number of β-lactam (4-membered cyclic amide) rings is 1. The number of benzene rings is 3. The summed E-state index contributed by atoms with van der Waals surface area (Å²) in [5.74, 6) is -0.604. The van der Waals surface area contributed by atoms with Crippen molar-refractivity contribution in [3.63, 3.8) is 0 Å². The fraction of sp³-hybridized carbons (Fsp3) is 0.167. The average molecular weight is 406 g/mol. The van der Waals surface area contributed by atoms with E-state index in [9.17, 15) is 9.59 Å². The lowest BCUT2D eigenvalue weighted by Gasteiger charge is -2.47. The maximum atomic E-state index is 13.1. The van der Waals surface area contributed by atoms with Gasteiger partial charge in [-0.15, -0.1) is 0 Å². The van der Waals surface area contributed by atoms with E-state index < -0.39 is 0 Å². The number of carbonyl (C=O) groups excluding carboxylic acids is 2. The average Bonchev–Trinajstić information content (AvgIpc) is 2.74. The van der Waals surface area contributed by atoms with Crippen LogP contribution in [0.3, 0.4) is 0 Å². The van der Waals surface area contributed by atoms with Crippen LogP contribution in [-0.2, 0) is 9.53 Å². The van der Waals surface area contributed by atoms with Gasteiger partial charge < -0.3 is 9.64 Å². The molecule has 1 aliphatic heterocycles. The van der Waals surface area contributed by atoms with Crippen LogP contribution in [0.15, 0.2) is 78.9 Å². The Morgan fingerprint density at radius 1 is 0.931 bits per heavy atom. The van der Waals surface area contributed by atoms with Crippen molar-refractivity contribution >= 4 is 29.2 Å². The molecule has 1 amide bonds. The normalized spacial score (nSPS) is 18.3. The summed E-state index contributed by atoms with van der Waals surface area (Å²) in [7, 11) is 0. The summed E-state index contributed by atoms with van der Waals surface area (Å²) in [4.78, 5) is 26.8. The van der Waals surface area contributed by atoms with E-state index in [1.54, 1.807) is 36.1 Å². The Bertz CT molecular complexity index is 1020. The van der Waals surface area contributed by atoms with E-state index in [0.29, 0.717) is 17.2 Å². The quantitative estimate of drug-likeness (QED) is 0.422. The first-order valence-electron chi connectivity index (χ1n) is 9.51. The van der Waals surface area contributed by atoms with Gasteiger partial charge in [0.15, 0.2) is 0 Å². The number of hydrogen-bond donors (Lipinski definition) is 0. The second kappa shape index (κ2) is 8.10. The first-order chi connectivity index (χ1) is 14.1. The summed E-state index contributed by atoms with van der Waals surface area (Å²) in [5, 5.41) is 0.654. The minimum atomic E-state index is -0.370. The Kier molecular flexibility index (Phi) is 5.36. The Morgan fingerprint density at radius 3 is 2.21 bits per heavy atom. The van der Waals surface area contributed by atoms with Gasteiger partial charge in [-0.05, 0) is 54.4 Å². The molecule has 1 saturated heterocycles. The maximum absolute atomic E-state index is 13.1. The SMILES string of the molecule is CCOC(=O)c1ccc(N2C(=O)[C@H](c3ccccc3)[C@H]2c2ccc(Cl)cc2)cc1. The van der Waals surface area contributed by atoms with E-state index in [-0.39, 0.29) is 23.8 Å². The molecule has 1 fully saturated rings. The van der Waals surface area contributed by atoms with E-state index in [2.05, 4.69) is 0 Å². The molecule has 0 aromatic heterocycles. The van der Waals surface area contributed by atoms with Gasteiger partial charge in [0.2, 0.25) is 5.91 Å². The highest BCUT2D eigenvalue weighted by atomic mass is 35.5. The highest BCUT2D eigenvalue weighted by Gasteiger charge is 2.49. The van der Waals surface area contributed by atoms with Gasteiger partial charge in [-0.25, -0.2) is 4.79 Å². The summed E-state index contributed by atoms with van der Waals surface area (Å²) in [6.07, 6.45) is 0. The zero-order chi connectivity index (χ0) is 20.4. The van der Waals surface area contributed by atoms with Crippen molar-refractivity contribution in [2.24, 2.45) is 0 Å². The Balaban J connectivity index is 1.69. The number of carbonyl (C=O) groups is 2. The van der Waals surface area contributed by atoms with E-state index in [0.717, 1.165) is 16.8 Å². The molecule has 2 atom stereocenters. The summed E-state index contributed by atoms with van der Waals surface area (Å²) < 4.78 is 5.03. The number of hydrogen-bond acceptors (Lipinski definition) is 3. The van der Waals surface area contributed by atoms with Gasteiger partial charge in [0, 0.05) is 10.7 Å². The van der Waals surface area contributed by atoms with E-state index in [1.165, 1.54) is 0 Å². The number of ether oxygens (including phenoxy) is 1. The molecular formula is C24H20ClNO3. The highest BCUT2D eigenvalue weighted by Crippen LogP contribution is 2.49. The molecule has 1 aliphatic rings. The molecule has 1 heterocycles. The molecule has 5 heteroatoms. The number of rotatable bonds is 5. The van der Waals surface area contributed by atoms with Crippen molar-refractivity contribution in [1.82, 2.24) is 0 Å². The van der Waals surface area contributed by atoms with Crippen molar-refractivity contribution < 1.29 is 14.3 Å². The predicted molar refractivity (Wildman–Crippen MR) is 113 cm³/mol. The smallest absolute Gasteiger partial charge is 0.338 e. The lowest BCUT2D eigenvalue weighted by molar-refractivity contribution is -0.126. The van der Waals surface area contributed by atoms with Crippen molar-refractivity contribution in [3.8, 4) is 0 Å². The molecular weight excluding hydrogens is 386 g/mol. The number of amides is 1. The summed E-state index contributed by atoms with van der Waals surface area (Å²) in [6, 6.07) is 24.2. The third-order valence-corrected chi connectivity index (χ3v) is 5.38. The molecule has 29 heavy (non-hydrogen) atoms. The third-order valence-electron chi connectivity index (χ3n) is 5.12. The van der Waals surface area contributed by atoms with Crippen LogP contribution < -0.4 is 4.90 Å². The minimum Gasteiger partial charge on any atom is -0.462 e. The molecule has 0 saturated carbocycles. The lowest BCUT2D eigenvalue weighted by atomic mass is 9.77. The van der Waals surface area contributed by atoms with Gasteiger partial charge >= 0.3 is 5.97 Å². The Morgan fingerprint density at radius 2 is 1.59 bits per heavy atom. The van der Waals surface area contributed by atoms with Crippen LogP contribution in [0.1, 0.15) is 40.4 Å². The topological polar surface area (TPSA) is 46.6 Å². The monoisotopic (exact) mass is 405 g/mol. The fourth-order valence-electron chi connectivity index (χ4n) is 3.74. The first kappa shape index (κ1) is 19.2. The summed E-state index contributed by atoms with van der Waals surface area (Å²) in [5.41, 5.74) is 3.20. The van der Waals surface area contributed by atoms with Gasteiger partial charge in [0.1, 0.15) is 0 Å². The molecule has 0 bridgehead atoms. The van der Waals surface area contributed by atoms with Gasteiger partial charge in [-0.2, -0.15) is 0 Å². The van der Waals surface area contributed by atoms with Crippen LogP contribution in [0.4, 0.5) is 5.69 Å². The Labute approximate surface area is 174 Å². The molecule has 0 unspecified atom stereocenters. The molecule has 4 nitrogen and oxygen atoms in total. The highest BCUT2D eigenvalue weighted by molar-refractivity contribution is 6.30. The van der Waals surface area contributed by atoms with Crippen molar-refractivity contribution in [3.05, 3.63) is 101 Å². The zero-order valence-corrected chi connectivity index (χ0v) is 16.7. The largest absolute Gasteiger partial charge is 0.462 e. The van der Waals surface area contributed by atoms with Crippen LogP contribution in [0.5, 0.6) is 0 Å². The molecule has 4 rings (SSSR count). The van der Waals surface area contributed by atoms with E-state index in [4.69, 9.17) is 16.3 Å². The number of esters is 1. The molecule has 0 N–H and O–H groups in total. The maximum Gasteiger partial charge on any atom is 0.338 e. The second-order valence-corrected chi connectivity index (χ2v) is 7.30. The van der Waals surface area contributed by atoms with Crippen molar-refractivity contribution in [2.75, 3.05) is 11.5 Å². The van der Waals surface area contributed by atoms with Crippen LogP contribution in [-0.4, -0.2) is 18.5 Å².